The van der Waals surface area contributed by atoms with E-state index in [1.54, 1.807) is 31.6 Å². The first-order valence-corrected chi connectivity index (χ1v) is 8.34. The van der Waals surface area contributed by atoms with E-state index in [4.69, 9.17) is 4.74 Å². The molecule has 3 N–H and O–H groups in total. The van der Waals surface area contributed by atoms with Crippen LogP contribution < -0.4 is 10.1 Å². The molecule has 1 heterocycles. The van der Waals surface area contributed by atoms with Crippen molar-refractivity contribution in [1.29, 1.82) is 0 Å². The molecule has 3 aromatic rings. The first-order valence-electron chi connectivity index (χ1n) is 8.34. The smallest absolute Gasteiger partial charge is 0.251 e. The molecule has 0 saturated heterocycles. The Bertz CT molecular complexity index is 848. The molecule has 6 heteroatoms. The molecule has 26 heavy (non-hydrogen) atoms. The van der Waals surface area contributed by atoms with Gasteiger partial charge in [0.2, 0.25) is 0 Å². The molecular weight excluding hydrogens is 330 g/mol. The van der Waals surface area contributed by atoms with E-state index >= 15 is 0 Å². The topological polar surface area (TPSA) is 87.2 Å². The van der Waals surface area contributed by atoms with Gasteiger partial charge in [0, 0.05) is 22.9 Å². The number of amides is 1. The van der Waals surface area contributed by atoms with Gasteiger partial charge in [-0.3, -0.25) is 9.89 Å². The van der Waals surface area contributed by atoms with Crippen LogP contribution in [0.3, 0.4) is 0 Å². The maximum absolute atomic E-state index is 12.6. The molecule has 134 valence electrons. The van der Waals surface area contributed by atoms with Gasteiger partial charge >= 0.3 is 0 Å². The lowest BCUT2D eigenvalue weighted by Gasteiger charge is -2.17. The van der Waals surface area contributed by atoms with Crippen molar-refractivity contribution in [1.82, 2.24) is 15.5 Å². The van der Waals surface area contributed by atoms with Gasteiger partial charge in [-0.1, -0.05) is 30.3 Å². The zero-order valence-electron chi connectivity index (χ0n) is 14.5. The summed E-state index contributed by atoms with van der Waals surface area (Å²) in [5.41, 5.74) is 3.26. The third kappa shape index (κ3) is 4.10. The van der Waals surface area contributed by atoms with E-state index in [9.17, 15) is 9.90 Å². The molecule has 0 aliphatic rings. The molecule has 2 aromatic carbocycles. The van der Waals surface area contributed by atoms with E-state index < -0.39 is 0 Å². The monoisotopic (exact) mass is 351 g/mol. The summed E-state index contributed by atoms with van der Waals surface area (Å²) in [6.07, 6.45) is 4.02. The van der Waals surface area contributed by atoms with Gasteiger partial charge < -0.3 is 15.2 Å². The van der Waals surface area contributed by atoms with Crippen molar-refractivity contribution in [2.24, 2.45) is 0 Å². The second kappa shape index (κ2) is 8.31. The number of aliphatic hydroxyl groups excluding tert-OH is 1. The standard InChI is InChI=1S/C20H21N3O3/c1-26-19-10-15(7-8-18(19)16-11-21-22-12-16)20(25)23-17(13-24)9-14-5-3-2-4-6-14/h2-8,10-12,17,24H,9,13H2,1H3,(H,21,22)(H,23,25)/t17-/m1/s1. The van der Waals surface area contributed by atoms with Crippen molar-refractivity contribution < 1.29 is 14.6 Å². The third-order valence-corrected chi connectivity index (χ3v) is 4.15. The zero-order chi connectivity index (χ0) is 18.4. The van der Waals surface area contributed by atoms with E-state index in [1.165, 1.54) is 0 Å². The Morgan fingerprint density at radius 1 is 1.27 bits per heavy atom. The predicted molar refractivity (Wildman–Crippen MR) is 99.1 cm³/mol. The highest BCUT2D eigenvalue weighted by Gasteiger charge is 2.16. The highest BCUT2D eigenvalue weighted by Crippen LogP contribution is 2.30. The molecule has 0 saturated carbocycles. The Hall–Kier alpha value is -3.12. The number of nitrogens with one attached hydrogen (secondary N) is 2. The van der Waals surface area contributed by atoms with Gasteiger partial charge in [0.15, 0.2) is 0 Å². The molecule has 0 radical (unpaired) electrons. The minimum atomic E-state index is -0.357. The minimum absolute atomic E-state index is 0.134. The number of carbonyl (C=O) groups is 1. The second-order valence-electron chi connectivity index (χ2n) is 5.94. The number of rotatable bonds is 7. The lowest BCUT2D eigenvalue weighted by Crippen LogP contribution is -2.39. The van der Waals surface area contributed by atoms with E-state index in [0.717, 1.165) is 16.7 Å². The van der Waals surface area contributed by atoms with Gasteiger partial charge in [0.25, 0.3) is 5.91 Å². The van der Waals surface area contributed by atoms with Crippen LogP contribution in [0.4, 0.5) is 0 Å². The maximum atomic E-state index is 12.6. The Morgan fingerprint density at radius 3 is 2.73 bits per heavy atom. The summed E-state index contributed by atoms with van der Waals surface area (Å²) in [6.45, 7) is -0.134. The number of aromatic nitrogens is 2. The van der Waals surface area contributed by atoms with Crippen LogP contribution in [0.25, 0.3) is 11.1 Å². The van der Waals surface area contributed by atoms with Gasteiger partial charge in [-0.15, -0.1) is 0 Å². The number of aromatic amines is 1. The van der Waals surface area contributed by atoms with Crippen LogP contribution in [-0.2, 0) is 6.42 Å². The fourth-order valence-corrected chi connectivity index (χ4v) is 2.80. The molecule has 0 spiro atoms. The van der Waals surface area contributed by atoms with Crippen molar-refractivity contribution in [2.45, 2.75) is 12.5 Å². The number of aliphatic hydroxyl groups is 1. The quantitative estimate of drug-likeness (QED) is 0.610. The molecule has 1 atom stereocenters. The molecule has 0 aliphatic heterocycles. The molecular formula is C20H21N3O3. The van der Waals surface area contributed by atoms with Gasteiger partial charge in [-0.25, -0.2) is 0 Å². The first-order chi connectivity index (χ1) is 12.7. The molecule has 3 rings (SSSR count). The normalized spacial score (nSPS) is 11.8. The van der Waals surface area contributed by atoms with Crippen molar-refractivity contribution in [3.05, 3.63) is 72.1 Å². The van der Waals surface area contributed by atoms with Crippen molar-refractivity contribution in [3.63, 3.8) is 0 Å². The number of hydrogen-bond acceptors (Lipinski definition) is 4. The summed E-state index contributed by atoms with van der Waals surface area (Å²) in [4.78, 5) is 12.6. The molecule has 1 amide bonds. The lowest BCUT2D eigenvalue weighted by atomic mass is 10.0. The summed E-state index contributed by atoms with van der Waals surface area (Å²) >= 11 is 0. The van der Waals surface area contributed by atoms with Crippen molar-refractivity contribution in [3.8, 4) is 16.9 Å². The zero-order valence-corrected chi connectivity index (χ0v) is 14.5. The van der Waals surface area contributed by atoms with Crippen LogP contribution in [0.2, 0.25) is 0 Å². The van der Waals surface area contributed by atoms with Crippen molar-refractivity contribution in [2.75, 3.05) is 13.7 Å². The highest BCUT2D eigenvalue weighted by atomic mass is 16.5. The van der Waals surface area contributed by atoms with Crippen LogP contribution in [0.5, 0.6) is 5.75 Å². The average molecular weight is 351 g/mol. The lowest BCUT2D eigenvalue weighted by molar-refractivity contribution is 0.0916. The number of ether oxygens (including phenoxy) is 1. The Balaban J connectivity index is 1.74. The van der Waals surface area contributed by atoms with E-state index in [-0.39, 0.29) is 18.6 Å². The largest absolute Gasteiger partial charge is 0.496 e. The van der Waals surface area contributed by atoms with Crippen LogP contribution in [-0.4, -0.2) is 41.0 Å². The van der Waals surface area contributed by atoms with E-state index in [0.29, 0.717) is 17.7 Å². The van der Waals surface area contributed by atoms with Crippen LogP contribution in [0, 0.1) is 0 Å². The molecule has 0 unspecified atom stereocenters. The van der Waals surface area contributed by atoms with Gasteiger partial charge in [0.1, 0.15) is 5.75 Å². The minimum Gasteiger partial charge on any atom is -0.496 e. The van der Waals surface area contributed by atoms with Gasteiger partial charge in [-0.05, 0) is 30.2 Å². The third-order valence-electron chi connectivity index (χ3n) is 4.15. The van der Waals surface area contributed by atoms with Crippen LogP contribution in [0.1, 0.15) is 15.9 Å². The summed E-state index contributed by atoms with van der Waals surface area (Å²) in [5, 5.41) is 19.2. The average Bonchev–Trinajstić information content (AvgIpc) is 3.22. The van der Waals surface area contributed by atoms with Gasteiger partial charge in [0.05, 0.1) is 26.0 Å². The summed E-state index contributed by atoms with van der Waals surface area (Å²) in [5.74, 6) is 0.333. The Morgan fingerprint density at radius 2 is 2.08 bits per heavy atom. The number of hydrogen-bond donors (Lipinski definition) is 3. The maximum Gasteiger partial charge on any atom is 0.251 e. The molecule has 1 aromatic heterocycles. The molecule has 0 bridgehead atoms. The number of nitrogens with zero attached hydrogens (tertiary/aromatic N) is 1. The predicted octanol–water partition coefficient (Wildman–Crippen LogP) is 2.42. The van der Waals surface area contributed by atoms with E-state index in [1.807, 2.05) is 36.4 Å². The summed E-state index contributed by atoms with van der Waals surface area (Å²) in [6, 6.07) is 14.6. The Labute approximate surface area is 151 Å². The molecule has 6 nitrogen and oxygen atoms in total. The first kappa shape index (κ1) is 17.7. The fraction of sp³-hybridized carbons (Fsp3) is 0.200. The number of carbonyl (C=O) groups excluding carboxylic acids is 1. The van der Waals surface area contributed by atoms with Crippen molar-refractivity contribution >= 4 is 5.91 Å². The summed E-state index contributed by atoms with van der Waals surface area (Å²) < 4.78 is 5.42. The van der Waals surface area contributed by atoms with Crippen LogP contribution in [0.15, 0.2) is 60.9 Å². The number of H-pyrrole nitrogens is 1. The Kier molecular flexibility index (Phi) is 5.66. The van der Waals surface area contributed by atoms with E-state index in [2.05, 4.69) is 15.5 Å². The molecule has 0 aliphatic carbocycles. The number of methoxy groups -OCH3 is 1. The highest BCUT2D eigenvalue weighted by molar-refractivity contribution is 5.95. The summed E-state index contributed by atoms with van der Waals surface area (Å²) in [7, 11) is 1.56. The number of benzene rings is 2. The molecule has 0 fully saturated rings. The second-order valence-corrected chi connectivity index (χ2v) is 5.94. The van der Waals surface area contributed by atoms with Gasteiger partial charge in [-0.2, -0.15) is 5.10 Å². The fourth-order valence-electron chi connectivity index (χ4n) is 2.80. The van der Waals surface area contributed by atoms with Crippen LogP contribution >= 0.6 is 0 Å². The SMILES string of the molecule is COc1cc(C(=O)N[C@@H](CO)Cc2ccccc2)ccc1-c1cn[nH]c1.